The molecule has 5 heteroatoms. The lowest BCUT2D eigenvalue weighted by Gasteiger charge is -2.25. The zero-order valence-electron chi connectivity index (χ0n) is 11.1. The molecule has 1 rings (SSSR count). The van der Waals surface area contributed by atoms with E-state index in [4.69, 9.17) is 16.3 Å². The van der Waals surface area contributed by atoms with Gasteiger partial charge in [-0.25, -0.2) is 9.97 Å². The van der Waals surface area contributed by atoms with Gasteiger partial charge in [-0.05, 0) is 34.6 Å². The standard InChI is InChI=1S/C12H20ClN3O/c1-6-17-12(4,5)7-14-11-8(2)10(13)15-9(3)16-11/h6-7H2,1-5H3,(H,14,15,16). The topological polar surface area (TPSA) is 47.0 Å². The first kappa shape index (κ1) is 14.2. The van der Waals surface area contributed by atoms with Crippen molar-refractivity contribution in [3.05, 3.63) is 16.5 Å². The van der Waals surface area contributed by atoms with E-state index >= 15 is 0 Å². The average molecular weight is 258 g/mol. The van der Waals surface area contributed by atoms with Crippen LogP contribution < -0.4 is 5.32 Å². The first-order valence-electron chi connectivity index (χ1n) is 5.74. The van der Waals surface area contributed by atoms with Crippen LogP contribution in [0.4, 0.5) is 5.82 Å². The number of anilines is 1. The lowest BCUT2D eigenvalue weighted by Crippen LogP contribution is -2.33. The molecule has 0 aliphatic carbocycles. The second-order valence-electron chi connectivity index (χ2n) is 4.58. The summed E-state index contributed by atoms with van der Waals surface area (Å²) in [6, 6.07) is 0. The van der Waals surface area contributed by atoms with Crippen molar-refractivity contribution in [1.82, 2.24) is 9.97 Å². The monoisotopic (exact) mass is 257 g/mol. The maximum absolute atomic E-state index is 6.01. The minimum atomic E-state index is -0.230. The van der Waals surface area contributed by atoms with Gasteiger partial charge < -0.3 is 10.1 Å². The van der Waals surface area contributed by atoms with E-state index in [9.17, 15) is 0 Å². The van der Waals surface area contributed by atoms with E-state index in [1.165, 1.54) is 0 Å². The number of nitrogens with one attached hydrogen (secondary N) is 1. The Morgan fingerprint density at radius 3 is 2.53 bits per heavy atom. The van der Waals surface area contributed by atoms with Crippen molar-refractivity contribution in [2.75, 3.05) is 18.5 Å². The van der Waals surface area contributed by atoms with E-state index in [1.54, 1.807) is 0 Å². The third-order valence-electron chi connectivity index (χ3n) is 2.41. The summed E-state index contributed by atoms with van der Waals surface area (Å²) in [6.45, 7) is 11.1. The highest BCUT2D eigenvalue weighted by atomic mass is 35.5. The second kappa shape index (κ2) is 5.65. The fourth-order valence-electron chi connectivity index (χ4n) is 1.50. The van der Waals surface area contributed by atoms with E-state index in [1.807, 2.05) is 34.6 Å². The van der Waals surface area contributed by atoms with Crippen molar-refractivity contribution in [2.24, 2.45) is 0 Å². The van der Waals surface area contributed by atoms with Crippen LogP contribution in [0, 0.1) is 13.8 Å². The highest BCUT2D eigenvalue weighted by Crippen LogP contribution is 2.20. The van der Waals surface area contributed by atoms with Gasteiger partial charge in [0.15, 0.2) is 0 Å². The number of halogens is 1. The molecule has 0 fully saturated rings. The molecule has 0 saturated heterocycles. The summed E-state index contributed by atoms with van der Waals surface area (Å²) < 4.78 is 5.61. The molecule has 1 aromatic heterocycles. The normalized spacial score (nSPS) is 11.6. The molecule has 17 heavy (non-hydrogen) atoms. The van der Waals surface area contributed by atoms with Gasteiger partial charge in [-0.1, -0.05) is 11.6 Å². The second-order valence-corrected chi connectivity index (χ2v) is 4.94. The number of ether oxygens (including phenoxy) is 1. The van der Waals surface area contributed by atoms with Gasteiger partial charge in [0.2, 0.25) is 0 Å². The predicted molar refractivity (Wildman–Crippen MR) is 70.7 cm³/mol. The molecule has 0 spiro atoms. The van der Waals surface area contributed by atoms with Gasteiger partial charge in [-0.15, -0.1) is 0 Å². The van der Waals surface area contributed by atoms with E-state index in [0.29, 0.717) is 24.1 Å². The molecule has 0 atom stereocenters. The van der Waals surface area contributed by atoms with Crippen molar-refractivity contribution >= 4 is 17.4 Å². The van der Waals surface area contributed by atoms with Gasteiger partial charge in [-0.2, -0.15) is 0 Å². The largest absolute Gasteiger partial charge is 0.374 e. The maximum atomic E-state index is 6.01. The molecule has 0 aromatic carbocycles. The molecule has 0 unspecified atom stereocenters. The lowest BCUT2D eigenvalue weighted by molar-refractivity contribution is 0.000632. The van der Waals surface area contributed by atoms with Gasteiger partial charge in [0.05, 0.1) is 5.60 Å². The Morgan fingerprint density at radius 2 is 1.94 bits per heavy atom. The highest BCUT2D eigenvalue weighted by Gasteiger charge is 2.18. The number of hydrogen-bond acceptors (Lipinski definition) is 4. The average Bonchev–Trinajstić information content (AvgIpc) is 2.21. The zero-order chi connectivity index (χ0) is 13.1. The summed E-state index contributed by atoms with van der Waals surface area (Å²) in [5.74, 6) is 1.44. The Hall–Kier alpha value is -0.870. The molecular weight excluding hydrogens is 238 g/mol. The van der Waals surface area contributed by atoms with Crippen molar-refractivity contribution in [3.8, 4) is 0 Å². The van der Waals surface area contributed by atoms with Crippen LogP contribution in [0.5, 0.6) is 0 Å². The molecule has 0 aliphatic rings. The van der Waals surface area contributed by atoms with Crippen LogP contribution in [-0.4, -0.2) is 28.7 Å². The summed E-state index contributed by atoms with van der Waals surface area (Å²) in [5.41, 5.74) is 0.636. The van der Waals surface area contributed by atoms with Crippen LogP contribution >= 0.6 is 11.6 Å². The third-order valence-corrected chi connectivity index (χ3v) is 2.78. The van der Waals surface area contributed by atoms with E-state index in [-0.39, 0.29) is 5.60 Å². The fraction of sp³-hybridized carbons (Fsp3) is 0.667. The Balaban J connectivity index is 2.76. The smallest absolute Gasteiger partial charge is 0.137 e. The molecule has 0 amide bonds. The zero-order valence-corrected chi connectivity index (χ0v) is 11.9. The summed E-state index contributed by atoms with van der Waals surface area (Å²) >= 11 is 6.01. The van der Waals surface area contributed by atoms with Crippen LogP contribution in [0.25, 0.3) is 0 Å². The molecule has 0 bridgehead atoms. The Bertz CT molecular complexity index is 394. The number of rotatable bonds is 5. The molecule has 0 radical (unpaired) electrons. The van der Waals surface area contributed by atoms with Gasteiger partial charge in [0.1, 0.15) is 16.8 Å². The molecule has 1 heterocycles. The van der Waals surface area contributed by atoms with Crippen molar-refractivity contribution in [2.45, 2.75) is 40.2 Å². The van der Waals surface area contributed by atoms with Crippen molar-refractivity contribution in [3.63, 3.8) is 0 Å². The molecule has 96 valence electrons. The molecule has 0 saturated carbocycles. The maximum Gasteiger partial charge on any atom is 0.137 e. The first-order chi connectivity index (χ1) is 7.85. The first-order valence-corrected chi connectivity index (χ1v) is 6.12. The van der Waals surface area contributed by atoms with E-state index in [0.717, 1.165) is 11.4 Å². The van der Waals surface area contributed by atoms with Crippen LogP contribution in [0.15, 0.2) is 0 Å². The Kier molecular flexibility index (Phi) is 4.71. The highest BCUT2D eigenvalue weighted by molar-refractivity contribution is 6.30. The molecule has 1 N–H and O–H groups in total. The van der Waals surface area contributed by atoms with E-state index < -0.39 is 0 Å². The number of aryl methyl sites for hydroxylation is 1. The quantitative estimate of drug-likeness (QED) is 0.824. The minimum Gasteiger partial charge on any atom is -0.374 e. The fourth-order valence-corrected chi connectivity index (χ4v) is 1.72. The van der Waals surface area contributed by atoms with Crippen LogP contribution in [-0.2, 0) is 4.74 Å². The Labute approximate surface area is 108 Å². The van der Waals surface area contributed by atoms with Gasteiger partial charge in [0.25, 0.3) is 0 Å². The minimum absolute atomic E-state index is 0.230. The number of aromatic nitrogens is 2. The SMILES string of the molecule is CCOC(C)(C)CNc1nc(C)nc(Cl)c1C. The van der Waals surface area contributed by atoms with Crippen molar-refractivity contribution in [1.29, 1.82) is 0 Å². The summed E-state index contributed by atoms with van der Waals surface area (Å²) in [5, 5.41) is 3.75. The van der Waals surface area contributed by atoms with Crippen LogP contribution in [0.2, 0.25) is 5.15 Å². The predicted octanol–water partition coefficient (Wildman–Crippen LogP) is 2.97. The summed E-state index contributed by atoms with van der Waals surface area (Å²) in [7, 11) is 0. The van der Waals surface area contributed by atoms with Crippen LogP contribution in [0.1, 0.15) is 32.2 Å². The summed E-state index contributed by atoms with van der Waals surface area (Å²) in [4.78, 5) is 8.43. The summed E-state index contributed by atoms with van der Waals surface area (Å²) in [6.07, 6.45) is 0. The lowest BCUT2D eigenvalue weighted by atomic mass is 10.1. The third kappa shape index (κ3) is 4.13. The van der Waals surface area contributed by atoms with Gasteiger partial charge >= 0.3 is 0 Å². The molecule has 0 aliphatic heterocycles. The number of hydrogen-bond donors (Lipinski definition) is 1. The van der Waals surface area contributed by atoms with Crippen LogP contribution in [0.3, 0.4) is 0 Å². The number of nitrogens with zero attached hydrogens (tertiary/aromatic N) is 2. The molecular formula is C12H20ClN3O. The van der Waals surface area contributed by atoms with E-state index in [2.05, 4.69) is 15.3 Å². The molecule has 1 aromatic rings. The molecule has 4 nitrogen and oxygen atoms in total. The van der Waals surface area contributed by atoms with Gasteiger partial charge in [0, 0.05) is 18.7 Å². The van der Waals surface area contributed by atoms with Gasteiger partial charge in [-0.3, -0.25) is 0 Å². The Morgan fingerprint density at radius 1 is 1.29 bits per heavy atom. The van der Waals surface area contributed by atoms with Crippen molar-refractivity contribution < 1.29 is 4.74 Å².